The van der Waals surface area contributed by atoms with Gasteiger partial charge in [0, 0.05) is 0 Å². The van der Waals surface area contributed by atoms with Crippen molar-refractivity contribution in [3.8, 4) is 11.5 Å². The summed E-state index contributed by atoms with van der Waals surface area (Å²) in [4.78, 5) is 0. The minimum atomic E-state index is -1.57. The highest BCUT2D eigenvalue weighted by atomic mass is 28.4. The Morgan fingerprint density at radius 2 is 1.77 bits per heavy atom. The first-order valence-electron chi connectivity index (χ1n) is 8.36. The van der Waals surface area contributed by atoms with E-state index in [9.17, 15) is 0 Å². The summed E-state index contributed by atoms with van der Waals surface area (Å²) in [6.07, 6.45) is 6.07. The fourth-order valence-electron chi connectivity index (χ4n) is 3.06. The molecule has 22 heavy (non-hydrogen) atoms. The van der Waals surface area contributed by atoms with Crippen LogP contribution in [0.1, 0.15) is 43.2 Å². The van der Waals surface area contributed by atoms with Crippen LogP contribution in [0.25, 0.3) is 0 Å². The Hall–Kier alpha value is -0.826. The first-order chi connectivity index (χ1) is 10.3. The average Bonchev–Trinajstić information content (AvgIpc) is 2.42. The molecule has 1 aromatic rings. The van der Waals surface area contributed by atoms with Crippen molar-refractivity contribution in [2.45, 2.75) is 71.2 Å². The minimum Gasteiger partial charge on any atom is -0.402 e. The predicted molar refractivity (Wildman–Crippen MR) is 99.3 cm³/mol. The summed E-state index contributed by atoms with van der Waals surface area (Å²) in [6.45, 7) is 11.2. The van der Waals surface area contributed by atoms with Crippen molar-refractivity contribution < 1.29 is 4.43 Å². The van der Waals surface area contributed by atoms with Crippen molar-refractivity contribution in [1.29, 1.82) is 0 Å². The lowest BCUT2D eigenvalue weighted by Crippen LogP contribution is -2.43. The quantitative estimate of drug-likeness (QED) is 0.598. The molecule has 0 aromatic heterocycles. The van der Waals surface area contributed by atoms with E-state index in [1.165, 1.54) is 35.6 Å². The van der Waals surface area contributed by atoms with Gasteiger partial charge in [-0.15, -0.1) is 5.54 Å². The fraction of sp³-hybridized carbons (Fsp3) is 0.579. The van der Waals surface area contributed by atoms with E-state index in [-0.39, 0.29) is 5.60 Å². The molecule has 3 heteroatoms. The normalized spacial score (nSPS) is 17.7. The van der Waals surface area contributed by atoms with Crippen LogP contribution in [-0.4, -0.2) is 23.4 Å². The van der Waals surface area contributed by atoms with Crippen LogP contribution < -0.4 is 5.19 Å². The summed E-state index contributed by atoms with van der Waals surface area (Å²) in [6, 6.07) is 6.53. The molecule has 2 rings (SSSR count). The second kappa shape index (κ2) is 7.16. The second-order valence-electron chi connectivity index (χ2n) is 7.39. The lowest BCUT2D eigenvalue weighted by Gasteiger charge is -2.38. The van der Waals surface area contributed by atoms with Crippen LogP contribution >= 0.6 is 0 Å². The van der Waals surface area contributed by atoms with Crippen molar-refractivity contribution in [3.05, 3.63) is 29.3 Å². The van der Waals surface area contributed by atoms with Gasteiger partial charge in [-0.1, -0.05) is 30.5 Å². The topological polar surface area (TPSA) is 9.23 Å². The lowest BCUT2D eigenvalue weighted by molar-refractivity contribution is 0.0797. The van der Waals surface area contributed by atoms with Crippen LogP contribution in [0.15, 0.2) is 18.2 Å². The standard InChI is InChI=1S/C19H28OSi2/c1-16-10-9-11-18(17(16)2)21-15-14-19(20-22(3,4)5)12-7-6-8-13-19/h9-11H,6-8,12-13H2,1-5H3. The highest BCUT2D eigenvalue weighted by Crippen LogP contribution is 2.33. The number of hydrogen-bond donors (Lipinski definition) is 0. The Labute approximate surface area is 139 Å². The highest BCUT2D eigenvalue weighted by Gasteiger charge is 2.35. The van der Waals surface area contributed by atoms with Crippen LogP contribution in [0.2, 0.25) is 19.6 Å². The van der Waals surface area contributed by atoms with Crippen molar-refractivity contribution in [3.63, 3.8) is 0 Å². The summed E-state index contributed by atoms with van der Waals surface area (Å²) in [5.41, 5.74) is 6.07. The maximum absolute atomic E-state index is 6.53. The maximum Gasteiger partial charge on any atom is 0.186 e. The van der Waals surface area contributed by atoms with E-state index in [1.54, 1.807) is 0 Å². The zero-order chi connectivity index (χ0) is 16.2. The molecule has 0 N–H and O–H groups in total. The van der Waals surface area contributed by atoms with Gasteiger partial charge in [0.15, 0.2) is 17.8 Å². The third-order valence-corrected chi connectivity index (χ3v) is 6.32. The maximum atomic E-state index is 6.53. The highest BCUT2D eigenvalue weighted by molar-refractivity contribution is 6.69. The van der Waals surface area contributed by atoms with E-state index in [4.69, 9.17) is 4.43 Å². The molecule has 1 aromatic carbocycles. The van der Waals surface area contributed by atoms with Gasteiger partial charge < -0.3 is 4.43 Å². The van der Waals surface area contributed by atoms with Gasteiger partial charge >= 0.3 is 0 Å². The summed E-state index contributed by atoms with van der Waals surface area (Å²) < 4.78 is 6.53. The summed E-state index contributed by atoms with van der Waals surface area (Å²) >= 11 is 0. The van der Waals surface area contributed by atoms with Crippen LogP contribution in [0, 0.1) is 25.3 Å². The third kappa shape index (κ3) is 4.84. The smallest absolute Gasteiger partial charge is 0.186 e. The van der Waals surface area contributed by atoms with E-state index in [0.29, 0.717) is 9.52 Å². The third-order valence-electron chi connectivity index (χ3n) is 4.25. The van der Waals surface area contributed by atoms with E-state index in [2.05, 4.69) is 63.2 Å². The van der Waals surface area contributed by atoms with E-state index < -0.39 is 8.32 Å². The van der Waals surface area contributed by atoms with E-state index in [0.717, 1.165) is 12.8 Å². The first kappa shape index (κ1) is 17.5. The van der Waals surface area contributed by atoms with Gasteiger partial charge in [0.25, 0.3) is 0 Å². The Morgan fingerprint density at radius 1 is 1.09 bits per heavy atom. The van der Waals surface area contributed by atoms with Crippen LogP contribution in [0.4, 0.5) is 0 Å². The Balaban J connectivity index is 2.16. The average molecular weight is 329 g/mol. The van der Waals surface area contributed by atoms with Crippen LogP contribution in [-0.2, 0) is 4.43 Å². The summed E-state index contributed by atoms with van der Waals surface area (Å²) in [5, 5.41) is 1.38. The molecule has 1 aliphatic rings. The monoisotopic (exact) mass is 328 g/mol. The SMILES string of the molecule is Cc1cccc([Si]C#CC2(O[Si](C)(C)C)CCCCC2)c1C. The molecule has 0 heterocycles. The van der Waals surface area contributed by atoms with Gasteiger partial charge in [-0.3, -0.25) is 0 Å². The lowest BCUT2D eigenvalue weighted by atomic mass is 9.86. The van der Waals surface area contributed by atoms with Crippen molar-refractivity contribution >= 4 is 23.0 Å². The minimum absolute atomic E-state index is 0.159. The second-order valence-corrected chi connectivity index (χ2v) is 12.9. The van der Waals surface area contributed by atoms with E-state index in [1.807, 2.05) is 0 Å². The molecule has 0 saturated heterocycles. The molecule has 118 valence electrons. The van der Waals surface area contributed by atoms with E-state index >= 15 is 0 Å². The molecular weight excluding hydrogens is 300 g/mol. The zero-order valence-corrected chi connectivity index (χ0v) is 16.7. The number of benzene rings is 1. The summed E-state index contributed by atoms with van der Waals surface area (Å²) in [5.74, 6) is 3.56. The zero-order valence-electron chi connectivity index (χ0n) is 14.7. The van der Waals surface area contributed by atoms with Gasteiger partial charge in [-0.2, -0.15) is 0 Å². The van der Waals surface area contributed by atoms with Gasteiger partial charge in [0.1, 0.15) is 5.60 Å². The van der Waals surface area contributed by atoms with Crippen molar-refractivity contribution in [2.24, 2.45) is 0 Å². The molecule has 1 nitrogen and oxygen atoms in total. The van der Waals surface area contributed by atoms with Gasteiger partial charge in [0.05, 0.1) is 0 Å². The van der Waals surface area contributed by atoms with Crippen LogP contribution in [0.5, 0.6) is 0 Å². The number of hydrogen-bond acceptors (Lipinski definition) is 1. The number of rotatable bonds is 3. The molecule has 0 atom stereocenters. The van der Waals surface area contributed by atoms with Crippen molar-refractivity contribution in [1.82, 2.24) is 0 Å². The molecular formula is C19H28OSi2. The van der Waals surface area contributed by atoms with Crippen molar-refractivity contribution in [2.75, 3.05) is 0 Å². The molecule has 0 amide bonds. The Morgan fingerprint density at radius 3 is 2.41 bits per heavy atom. The van der Waals surface area contributed by atoms with Gasteiger partial charge in [-0.25, -0.2) is 0 Å². The van der Waals surface area contributed by atoms with Crippen LogP contribution in [0.3, 0.4) is 0 Å². The predicted octanol–water partition coefficient (Wildman–Crippen LogP) is 4.15. The molecule has 1 fully saturated rings. The molecule has 2 radical (unpaired) electrons. The summed E-state index contributed by atoms with van der Waals surface area (Å²) in [7, 11) is -1.000. The van der Waals surface area contributed by atoms with Gasteiger partial charge in [0.2, 0.25) is 0 Å². The first-order valence-corrected chi connectivity index (χ1v) is 12.8. The fourth-order valence-corrected chi connectivity index (χ4v) is 5.48. The van der Waals surface area contributed by atoms with Gasteiger partial charge in [-0.05, 0) is 75.5 Å². The molecule has 0 unspecified atom stereocenters. The molecule has 0 bridgehead atoms. The largest absolute Gasteiger partial charge is 0.402 e. The number of aryl methyl sites for hydroxylation is 1. The Bertz CT molecular complexity index is 569. The molecule has 0 aliphatic heterocycles. The molecule has 1 saturated carbocycles. The molecule has 0 spiro atoms. The Kier molecular flexibility index (Phi) is 5.71. The molecule has 1 aliphatic carbocycles.